The minimum absolute atomic E-state index is 0.0128. The van der Waals surface area contributed by atoms with Crippen LogP contribution >= 0.6 is 11.8 Å². The maximum absolute atomic E-state index is 12.3. The van der Waals surface area contributed by atoms with Crippen molar-refractivity contribution in [1.82, 2.24) is 18.7 Å². The molecule has 0 aliphatic rings. The van der Waals surface area contributed by atoms with Gasteiger partial charge in [0.25, 0.3) is 0 Å². The summed E-state index contributed by atoms with van der Waals surface area (Å²) in [5, 5.41) is 8.48. The molecule has 5 nitrogen and oxygen atoms in total. The molecule has 7 heteroatoms. The van der Waals surface area contributed by atoms with E-state index in [-0.39, 0.29) is 20.3 Å². The third kappa shape index (κ3) is 2.41. The van der Waals surface area contributed by atoms with Gasteiger partial charge in [0.05, 0.1) is 0 Å². The van der Waals surface area contributed by atoms with E-state index in [2.05, 4.69) is 22.1 Å². The van der Waals surface area contributed by atoms with E-state index >= 15 is 0 Å². The molecule has 3 rings (SSSR count). The van der Waals surface area contributed by atoms with Crippen molar-refractivity contribution in [3.63, 3.8) is 0 Å². The summed E-state index contributed by atoms with van der Waals surface area (Å²) < 4.78 is 2.79. The quantitative estimate of drug-likeness (QED) is 0.580. The van der Waals surface area contributed by atoms with E-state index in [1.54, 1.807) is 15.3 Å². The Labute approximate surface area is 120 Å². The second-order valence-electron chi connectivity index (χ2n) is 3.98. The maximum atomic E-state index is 12.3. The van der Waals surface area contributed by atoms with E-state index in [1.165, 1.54) is 0 Å². The van der Waals surface area contributed by atoms with Gasteiger partial charge in [-0.25, -0.2) is 0 Å². The molecular formula is C12H12N4OSSe. The predicted octanol–water partition coefficient (Wildman–Crippen LogP) is 1.67. The molecule has 1 N–H and O–H groups in total. The average Bonchev–Trinajstić information content (AvgIpc) is 3.02. The monoisotopic (exact) mass is 340 g/mol. The Morgan fingerprint density at radius 3 is 3.05 bits per heavy atom. The first-order valence-electron chi connectivity index (χ1n) is 5.96. The second-order valence-corrected chi connectivity index (χ2v) is 7.11. The van der Waals surface area contributed by atoms with Gasteiger partial charge in [0.2, 0.25) is 0 Å². The third-order valence-corrected chi connectivity index (χ3v) is 5.88. The minimum atomic E-state index is -0.0557. The number of hydrogen-bond acceptors (Lipinski definition) is 4. The van der Waals surface area contributed by atoms with Crippen LogP contribution in [-0.4, -0.2) is 39.2 Å². The first kappa shape index (κ1) is 12.7. The fraction of sp³-hybridized carbons (Fsp3) is 0.250. The summed E-state index contributed by atoms with van der Waals surface area (Å²) in [6.07, 6.45) is 1.08. The molecule has 0 saturated carbocycles. The van der Waals surface area contributed by atoms with E-state index < -0.39 is 0 Å². The molecule has 98 valence electrons. The van der Waals surface area contributed by atoms with Crippen LogP contribution in [0.4, 0.5) is 0 Å². The number of rotatable bonds is 4. The van der Waals surface area contributed by atoms with Gasteiger partial charge < -0.3 is 0 Å². The Hall–Kier alpha value is -1.30. The number of hydrogen-bond donors (Lipinski definition) is 1. The van der Waals surface area contributed by atoms with Crippen LogP contribution < -0.4 is 5.56 Å². The zero-order valence-corrected chi connectivity index (χ0v) is 12.8. The van der Waals surface area contributed by atoms with Gasteiger partial charge in [-0.05, 0) is 0 Å². The zero-order valence-electron chi connectivity index (χ0n) is 10.3. The molecule has 0 unspecified atom stereocenters. The number of benzene rings is 1. The predicted molar refractivity (Wildman–Crippen MR) is 77.4 cm³/mol. The zero-order chi connectivity index (χ0) is 13.2. The van der Waals surface area contributed by atoms with Crippen LogP contribution in [0, 0.1) is 0 Å². The van der Waals surface area contributed by atoms with Gasteiger partial charge in [-0.1, -0.05) is 0 Å². The van der Waals surface area contributed by atoms with Crippen LogP contribution in [0.25, 0.3) is 15.6 Å². The second kappa shape index (κ2) is 5.36. The topological polar surface area (TPSA) is 63.6 Å². The van der Waals surface area contributed by atoms with E-state index in [1.807, 2.05) is 24.3 Å². The fourth-order valence-corrected chi connectivity index (χ4v) is 4.32. The van der Waals surface area contributed by atoms with Crippen LogP contribution in [0.2, 0.25) is 0 Å². The van der Waals surface area contributed by atoms with E-state index in [0.717, 1.165) is 21.8 Å². The first-order valence-corrected chi connectivity index (χ1v) is 8.57. The average molecular weight is 339 g/mol. The number of aromatic amines is 1. The van der Waals surface area contributed by atoms with Crippen LogP contribution in [-0.2, 0) is 0 Å². The van der Waals surface area contributed by atoms with Crippen molar-refractivity contribution in [3.05, 3.63) is 34.6 Å². The van der Waals surface area contributed by atoms with Crippen molar-refractivity contribution in [3.8, 4) is 5.95 Å². The molecule has 3 aromatic rings. The molecule has 1 aromatic carbocycles. The van der Waals surface area contributed by atoms with E-state index in [4.69, 9.17) is 0 Å². The van der Waals surface area contributed by atoms with E-state index in [0.29, 0.717) is 11.1 Å². The summed E-state index contributed by atoms with van der Waals surface area (Å²) in [7, 11) is 0. The Kier molecular flexibility index (Phi) is 3.59. The molecule has 0 spiro atoms. The summed E-state index contributed by atoms with van der Waals surface area (Å²) in [5.41, 5.74) is 0.0128. The number of nitrogens with zero attached hydrogens (tertiary/aromatic N) is 3. The number of thioether (sulfide) groups is 1. The summed E-state index contributed by atoms with van der Waals surface area (Å²) >= 11 is 1.54. The molecule has 0 bridgehead atoms. The van der Waals surface area contributed by atoms with Crippen molar-refractivity contribution in [2.75, 3.05) is 5.75 Å². The van der Waals surface area contributed by atoms with Crippen LogP contribution in [0.3, 0.4) is 0 Å². The Morgan fingerprint density at radius 1 is 1.42 bits per heavy atom. The molecule has 0 fully saturated rings. The molecule has 0 atom stereocenters. The van der Waals surface area contributed by atoms with Crippen molar-refractivity contribution in [2.45, 2.75) is 18.5 Å². The van der Waals surface area contributed by atoms with Gasteiger partial charge in [0.1, 0.15) is 0 Å². The third-order valence-electron chi connectivity index (χ3n) is 2.57. The van der Waals surface area contributed by atoms with Gasteiger partial charge in [0, 0.05) is 0 Å². The van der Waals surface area contributed by atoms with Crippen LogP contribution in [0.5, 0.6) is 0 Å². The summed E-state index contributed by atoms with van der Waals surface area (Å²) in [6.45, 7) is 2.12. The summed E-state index contributed by atoms with van der Waals surface area (Å²) in [6, 6.07) is 7.71. The SMILES string of the molecule is CCCSc1n[nH]c(-n2[se]c3ccccc3c2=O)n1. The molecule has 2 heterocycles. The standard InChI is InChI=1S/C12H12N4OSSe/c1-2-7-18-12-13-11(14-15-12)16-10(17)8-5-3-4-6-9(8)19-16/h3-6H,2,7H2,1H3,(H,13,14,15). The molecule has 0 amide bonds. The normalized spacial score (nSPS) is 11.2. The van der Waals surface area contributed by atoms with Crippen LogP contribution in [0.15, 0.2) is 34.2 Å². The molecule has 0 aliphatic heterocycles. The molecule has 0 saturated heterocycles. The van der Waals surface area contributed by atoms with Crippen molar-refractivity contribution < 1.29 is 0 Å². The number of nitrogens with one attached hydrogen (secondary N) is 1. The van der Waals surface area contributed by atoms with Crippen molar-refractivity contribution in [2.24, 2.45) is 0 Å². The molecule has 0 aliphatic carbocycles. The number of fused-ring (bicyclic) bond motifs is 1. The van der Waals surface area contributed by atoms with E-state index in [9.17, 15) is 4.79 Å². The van der Waals surface area contributed by atoms with Crippen molar-refractivity contribution >= 4 is 36.1 Å². The number of H-pyrrole nitrogens is 1. The fourth-order valence-electron chi connectivity index (χ4n) is 1.70. The van der Waals surface area contributed by atoms with Gasteiger partial charge in [-0.15, -0.1) is 0 Å². The Balaban J connectivity index is 2.02. The molecule has 2 aromatic heterocycles. The van der Waals surface area contributed by atoms with Crippen molar-refractivity contribution in [1.29, 1.82) is 0 Å². The first-order chi connectivity index (χ1) is 9.29. The van der Waals surface area contributed by atoms with Gasteiger partial charge in [-0.2, -0.15) is 0 Å². The molecular weight excluding hydrogens is 327 g/mol. The molecule has 19 heavy (non-hydrogen) atoms. The van der Waals surface area contributed by atoms with Crippen LogP contribution in [0.1, 0.15) is 13.3 Å². The number of aromatic nitrogens is 4. The van der Waals surface area contributed by atoms with Gasteiger partial charge in [-0.3, -0.25) is 0 Å². The van der Waals surface area contributed by atoms with Gasteiger partial charge >= 0.3 is 120 Å². The summed E-state index contributed by atoms with van der Waals surface area (Å²) in [4.78, 5) is 16.6. The van der Waals surface area contributed by atoms with Gasteiger partial charge in [0.15, 0.2) is 0 Å². The Bertz CT molecular complexity index is 760. The summed E-state index contributed by atoms with van der Waals surface area (Å²) in [5.74, 6) is 1.54. The Morgan fingerprint density at radius 2 is 2.26 bits per heavy atom. The molecule has 0 radical (unpaired) electrons.